The van der Waals surface area contributed by atoms with E-state index in [0.29, 0.717) is 30.1 Å². The Bertz CT molecular complexity index is 1110. The summed E-state index contributed by atoms with van der Waals surface area (Å²) in [4.78, 5) is -0.116. The van der Waals surface area contributed by atoms with Crippen LogP contribution in [0.2, 0.25) is 0 Å². The van der Waals surface area contributed by atoms with E-state index in [1.165, 1.54) is 16.4 Å². The van der Waals surface area contributed by atoms with Gasteiger partial charge in [-0.3, -0.25) is 9.03 Å². The van der Waals surface area contributed by atoms with Crippen LogP contribution < -0.4 is 18.5 Å². The molecule has 1 saturated heterocycles. The first-order valence-electron chi connectivity index (χ1n) is 10.2. The van der Waals surface area contributed by atoms with Crippen LogP contribution in [0.3, 0.4) is 0 Å². The van der Waals surface area contributed by atoms with Gasteiger partial charge < -0.3 is 9.47 Å². The standard InChI is InChI=1S/C21H28N2O6S2/c1-4-28-20-12-9-18(23-13-5-6-14-30(23,24)25)15-21(20)31(26,27)22-17-7-10-19(11-8-17)29-16(2)3/h7-12,15-16,22H,4-6,13-14H2,1-3H3. The number of benzene rings is 2. The maximum absolute atomic E-state index is 13.2. The summed E-state index contributed by atoms with van der Waals surface area (Å²) in [7, 11) is -7.51. The van der Waals surface area contributed by atoms with Crippen molar-refractivity contribution >= 4 is 31.4 Å². The highest BCUT2D eigenvalue weighted by atomic mass is 32.2. The van der Waals surface area contributed by atoms with Gasteiger partial charge in [0, 0.05) is 12.2 Å². The van der Waals surface area contributed by atoms with E-state index >= 15 is 0 Å². The summed E-state index contributed by atoms with van der Waals surface area (Å²) in [5.74, 6) is 0.837. The Morgan fingerprint density at radius 3 is 2.42 bits per heavy atom. The summed E-state index contributed by atoms with van der Waals surface area (Å²) < 4.78 is 66.2. The maximum Gasteiger partial charge on any atom is 0.265 e. The highest BCUT2D eigenvalue weighted by Crippen LogP contribution is 2.33. The van der Waals surface area contributed by atoms with Crippen molar-refractivity contribution in [3.05, 3.63) is 42.5 Å². The largest absolute Gasteiger partial charge is 0.492 e. The minimum atomic E-state index is -4.04. The van der Waals surface area contributed by atoms with Crippen LogP contribution in [0.4, 0.5) is 11.4 Å². The van der Waals surface area contributed by atoms with Gasteiger partial charge in [0.2, 0.25) is 10.0 Å². The third-order valence-corrected chi connectivity index (χ3v) is 7.90. The van der Waals surface area contributed by atoms with Gasteiger partial charge in [0.1, 0.15) is 16.4 Å². The average molecular weight is 469 g/mol. The first-order chi connectivity index (χ1) is 14.6. The first-order valence-corrected chi connectivity index (χ1v) is 13.3. The Hall–Kier alpha value is -2.46. The van der Waals surface area contributed by atoms with Gasteiger partial charge in [0.15, 0.2) is 0 Å². The van der Waals surface area contributed by atoms with Crippen LogP contribution in [0, 0.1) is 0 Å². The van der Waals surface area contributed by atoms with E-state index in [-0.39, 0.29) is 29.1 Å². The lowest BCUT2D eigenvalue weighted by Gasteiger charge is -2.28. The molecule has 2 aromatic carbocycles. The van der Waals surface area contributed by atoms with Crippen molar-refractivity contribution < 1.29 is 26.3 Å². The van der Waals surface area contributed by atoms with Crippen molar-refractivity contribution in [1.29, 1.82) is 0 Å². The van der Waals surface area contributed by atoms with E-state index in [1.807, 2.05) is 13.8 Å². The van der Waals surface area contributed by atoms with E-state index in [2.05, 4.69) is 4.72 Å². The van der Waals surface area contributed by atoms with Crippen LogP contribution in [0.25, 0.3) is 0 Å². The second-order valence-electron chi connectivity index (χ2n) is 7.46. The van der Waals surface area contributed by atoms with Gasteiger partial charge in [-0.25, -0.2) is 16.8 Å². The van der Waals surface area contributed by atoms with Crippen LogP contribution in [-0.4, -0.2) is 41.8 Å². The molecule has 1 heterocycles. The van der Waals surface area contributed by atoms with Crippen LogP contribution in [0.5, 0.6) is 11.5 Å². The summed E-state index contributed by atoms with van der Waals surface area (Å²) >= 11 is 0. The highest BCUT2D eigenvalue weighted by Gasteiger charge is 2.29. The lowest BCUT2D eigenvalue weighted by molar-refractivity contribution is 0.242. The van der Waals surface area contributed by atoms with E-state index < -0.39 is 20.0 Å². The number of sulfonamides is 2. The summed E-state index contributed by atoms with van der Waals surface area (Å²) in [5.41, 5.74) is 0.666. The molecule has 1 aliphatic rings. The molecule has 0 bridgehead atoms. The normalized spacial score (nSPS) is 16.2. The van der Waals surface area contributed by atoms with E-state index in [1.54, 1.807) is 37.3 Å². The predicted molar refractivity (Wildman–Crippen MR) is 121 cm³/mol. The maximum atomic E-state index is 13.2. The number of hydrogen-bond acceptors (Lipinski definition) is 6. The van der Waals surface area contributed by atoms with Crippen molar-refractivity contribution in [2.75, 3.05) is 27.9 Å². The minimum Gasteiger partial charge on any atom is -0.492 e. The van der Waals surface area contributed by atoms with Crippen LogP contribution in [0.1, 0.15) is 33.6 Å². The van der Waals surface area contributed by atoms with Gasteiger partial charge in [-0.2, -0.15) is 0 Å². The van der Waals surface area contributed by atoms with E-state index in [9.17, 15) is 16.8 Å². The summed E-state index contributed by atoms with van der Waals surface area (Å²) in [6.07, 6.45) is 1.32. The van der Waals surface area contributed by atoms with Crippen LogP contribution >= 0.6 is 0 Å². The van der Waals surface area contributed by atoms with Gasteiger partial charge in [0.05, 0.1) is 24.2 Å². The average Bonchev–Trinajstić information content (AvgIpc) is 2.69. The molecular weight excluding hydrogens is 440 g/mol. The summed E-state index contributed by atoms with van der Waals surface area (Å²) in [6.45, 7) is 6.15. The zero-order chi connectivity index (χ0) is 22.6. The van der Waals surface area contributed by atoms with E-state index in [0.717, 1.165) is 6.42 Å². The molecule has 0 aliphatic carbocycles. The molecule has 1 fully saturated rings. The predicted octanol–water partition coefficient (Wildman–Crippen LogP) is 3.60. The molecule has 3 rings (SSSR count). The Balaban J connectivity index is 1.94. The molecule has 1 N–H and O–H groups in total. The van der Waals surface area contributed by atoms with Gasteiger partial charge in [-0.05, 0) is 76.1 Å². The fourth-order valence-corrected chi connectivity index (χ4v) is 6.15. The molecule has 0 atom stereocenters. The van der Waals surface area contributed by atoms with E-state index in [4.69, 9.17) is 9.47 Å². The highest BCUT2D eigenvalue weighted by molar-refractivity contribution is 7.93. The molecule has 1 aliphatic heterocycles. The lowest BCUT2D eigenvalue weighted by Crippen LogP contribution is -2.37. The smallest absolute Gasteiger partial charge is 0.265 e. The fourth-order valence-electron chi connectivity index (χ4n) is 3.30. The molecule has 2 aromatic rings. The Kier molecular flexibility index (Phi) is 7.00. The molecule has 0 saturated carbocycles. The quantitative estimate of drug-likeness (QED) is 0.635. The number of anilines is 2. The van der Waals surface area contributed by atoms with Crippen molar-refractivity contribution in [1.82, 2.24) is 0 Å². The number of hydrogen-bond donors (Lipinski definition) is 1. The number of rotatable bonds is 8. The number of ether oxygens (including phenoxy) is 2. The SMILES string of the molecule is CCOc1ccc(N2CCCCS2(=O)=O)cc1S(=O)(=O)Nc1ccc(OC(C)C)cc1. The van der Waals surface area contributed by atoms with Crippen LogP contribution in [-0.2, 0) is 20.0 Å². The molecule has 0 aromatic heterocycles. The number of nitrogens with zero attached hydrogens (tertiary/aromatic N) is 1. The lowest BCUT2D eigenvalue weighted by atomic mass is 10.2. The molecule has 0 radical (unpaired) electrons. The Morgan fingerprint density at radius 1 is 1.10 bits per heavy atom. The molecule has 0 amide bonds. The fraction of sp³-hybridized carbons (Fsp3) is 0.429. The molecular formula is C21H28N2O6S2. The van der Waals surface area contributed by atoms with Crippen molar-refractivity contribution in [3.63, 3.8) is 0 Å². The molecule has 10 heteroatoms. The third-order valence-electron chi connectivity index (χ3n) is 4.63. The van der Waals surface area contributed by atoms with Gasteiger partial charge in [0.25, 0.3) is 10.0 Å². The topological polar surface area (TPSA) is 102 Å². The van der Waals surface area contributed by atoms with Gasteiger partial charge in [-0.1, -0.05) is 0 Å². The van der Waals surface area contributed by atoms with Gasteiger partial charge >= 0.3 is 0 Å². The monoisotopic (exact) mass is 468 g/mol. The summed E-state index contributed by atoms with van der Waals surface area (Å²) in [6, 6.07) is 11.0. The molecule has 170 valence electrons. The third kappa shape index (κ3) is 5.62. The minimum absolute atomic E-state index is 0.00472. The summed E-state index contributed by atoms with van der Waals surface area (Å²) in [5, 5.41) is 0. The number of nitrogens with one attached hydrogen (secondary N) is 1. The molecule has 8 nitrogen and oxygen atoms in total. The molecule has 0 unspecified atom stereocenters. The Labute approximate surface area is 184 Å². The van der Waals surface area contributed by atoms with Crippen molar-refractivity contribution in [2.24, 2.45) is 0 Å². The molecule has 31 heavy (non-hydrogen) atoms. The second-order valence-corrected chi connectivity index (χ2v) is 11.1. The van der Waals surface area contributed by atoms with Crippen molar-refractivity contribution in [3.8, 4) is 11.5 Å². The zero-order valence-corrected chi connectivity index (χ0v) is 19.5. The van der Waals surface area contributed by atoms with Gasteiger partial charge in [-0.15, -0.1) is 0 Å². The van der Waals surface area contributed by atoms with Crippen molar-refractivity contribution in [2.45, 2.75) is 44.6 Å². The second kappa shape index (κ2) is 9.35. The van der Waals surface area contributed by atoms with Crippen LogP contribution in [0.15, 0.2) is 47.4 Å². The Morgan fingerprint density at radius 2 is 1.81 bits per heavy atom. The zero-order valence-electron chi connectivity index (χ0n) is 17.9. The first kappa shape index (κ1) is 23.2. The molecule has 0 spiro atoms.